The van der Waals surface area contributed by atoms with Gasteiger partial charge in [0.1, 0.15) is 0 Å². The molecule has 0 radical (unpaired) electrons. The maximum atomic E-state index is 2.33. The van der Waals surface area contributed by atoms with Gasteiger partial charge in [-0.2, -0.15) is 0 Å². The molecular formula is C135H290. The van der Waals surface area contributed by atoms with Crippen LogP contribution in [0.4, 0.5) is 0 Å². The van der Waals surface area contributed by atoms with E-state index in [1.165, 1.54) is 482 Å². The Morgan fingerprint density at radius 3 is 0.148 bits per heavy atom. The third kappa shape index (κ3) is 212. The molecule has 0 aromatic carbocycles. The Bertz CT molecular complexity index is 1740. The normalized spacial score (nSPS) is 11.6. The molecule has 135 heavy (non-hydrogen) atoms. The third-order valence-electron chi connectivity index (χ3n) is 26.9. The van der Waals surface area contributed by atoms with E-state index >= 15 is 0 Å². The van der Waals surface area contributed by atoms with Gasteiger partial charge in [-0.3, -0.25) is 0 Å². The Labute approximate surface area is 871 Å². The van der Waals surface area contributed by atoms with Gasteiger partial charge >= 0.3 is 0 Å². The van der Waals surface area contributed by atoms with Gasteiger partial charge in [0.25, 0.3) is 0 Å². The van der Waals surface area contributed by atoms with Crippen molar-refractivity contribution < 1.29 is 0 Å². The van der Waals surface area contributed by atoms with Gasteiger partial charge in [-0.25, -0.2) is 0 Å². The van der Waals surface area contributed by atoms with Gasteiger partial charge < -0.3 is 0 Å². The Kier molecular flexibility index (Phi) is 149. The summed E-state index contributed by atoms with van der Waals surface area (Å²) in [6.07, 6.45) is 109. The molecule has 0 amide bonds. The molecular weight excluding hydrogens is 1620 g/mol. The molecule has 0 N–H and O–H groups in total. The van der Waals surface area contributed by atoms with Gasteiger partial charge in [0, 0.05) is 0 Å². The van der Waals surface area contributed by atoms with Gasteiger partial charge in [0.2, 0.25) is 0 Å². The molecule has 0 heteroatoms. The van der Waals surface area contributed by atoms with Gasteiger partial charge in [0.05, 0.1) is 0 Å². The SMILES string of the molecule is CC(C)CCCC(C)C.CC(C)CCCCC(C)C.CC(C)CCCCCC(C)C.CC(C)CCCCCCC(C)C.CC(C)CCCCCCCC(C)C.CC(C)CCCCCCCCC(C)C.CC(C)CCCCCCCCCC(C)C.CC(C)CCCCCCCCCCC(C)C.CC(C)CCCCCCCCCCCC(C)C.CC(C)CCCCCCCCCCCCC(C)C. The molecule has 830 valence electrons. The smallest absolute Gasteiger partial charge is 0.0471 e. The van der Waals surface area contributed by atoms with Gasteiger partial charge in [-0.15, -0.1) is 0 Å². The molecule has 0 saturated carbocycles. The van der Waals surface area contributed by atoms with E-state index < -0.39 is 0 Å². The molecule has 0 atom stereocenters. The van der Waals surface area contributed by atoms with Crippen molar-refractivity contribution in [3.05, 3.63) is 0 Å². The Hall–Kier alpha value is 0. The van der Waals surface area contributed by atoms with E-state index in [2.05, 4.69) is 277 Å². The summed E-state index contributed by atoms with van der Waals surface area (Å²) < 4.78 is 0. The second-order valence-electron chi connectivity index (χ2n) is 53.1. The van der Waals surface area contributed by atoms with Gasteiger partial charge in [-0.1, -0.05) is 759 Å². The predicted octanol–water partition coefficient (Wildman–Crippen LogP) is 52.2. The maximum absolute atomic E-state index is 2.33. The summed E-state index contributed by atoms with van der Waals surface area (Å²) >= 11 is 0. The Balaban J connectivity index is -0.000000162. The Morgan fingerprint density at radius 2 is 0.0889 bits per heavy atom. The van der Waals surface area contributed by atoms with Crippen LogP contribution in [-0.2, 0) is 0 Å². The molecule has 0 spiro atoms. The zero-order chi connectivity index (χ0) is 105. The minimum atomic E-state index is 0.892. The highest BCUT2D eigenvalue weighted by Crippen LogP contribution is 2.24. The van der Waals surface area contributed by atoms with Crippen LogP contribution in [0.2, 0.25) is 0 Å². The first-order valence-electron chi connectivity index (χ1n) is 63.8. The lowest BCUT2D eigenvalue weighted by Crippen LogP contribution is -1.90. The van der Waals surface area contributed by atoms with Crippen LogP contribution in [0.25, 0.3) is 0 Å². The summed E-state index contributed by atoms with van der Waals surface area (Å²) in [5, 5.41) is 0. The number of unbranched alkanes of at least 4 members (excludes halogenated alkanes) is 45. The van der Waals surface area contributed by atoms with E-state index in [-0.39, 0.29) is 0 Å². The van der Waals surface area contributed by atoms with Crippen LogP contribution in [0.5, 0.6) is 0 Å². The minimum absolute atomic E-state index is 0.892. The Morgan fingerprint density at radius 1 is 0.0519 bits per heavy atom. The van der Waals surface area contributed by atoms with E-state index in [4.69, 9.17) is 0 Å². The van der Waals surface area contributed by atoms with Crippen molar-refractivity contribution in [2.24, 2.45) is 118 Å². The van der Waals surface area contributed by atoms with Crippen molar-refractivity contribution in [2.45, 2.75) is 759 Å². The lowest BCUT2D eigenvalue weighted by Gasteiger charge is -2.05. The highest BCUT2D eigenvalue weighted by Gasteiger charge is 2.07. The molecule has 0 aliphatic rings. The molecule has 0 fully saturated rings. The van der Waals surface area contributed by atoms with Crippen LogP contribution in [0.1, 0.15) is 759 Å². The van der Waals surface area contributed by atoms with Crippen LogP contribution in [0, 0.1) is 118 Å². The van der Waals surface area contributed by atoms with Crippen LogP contribution in [0.15, 0.2) is 0 Å². The first-order valence-corrected chi connectivity index (χ1v) is 63.8. The van der Waals surface area contributed by atoms with E-state index in [9.17, 15) is 0 Å². The molecule has 0 aromatic rings. The highest BCUT2D eigenvalue weighted by molar-refractivity contribution is 4.61. The number of hydrogen-bond donors (Lipinski definition) is 0. The summed E-state index contributed by atoms with van der Waals surface area (Å²) in [5.74, 6) is 18.0. The van der Waals surface area contributed by atoms with Crippen molar-refractivity contribution in [2.75, 3.05) is 0 Å². The molecule has 0 aliphatic carbocycles. The van der Waals surface area contributed by atoms with Crippen molar-refractivity contribution in [1.29, 1.82) is 0 Å². The predicted molar refractivity (Wildman–Crippen MR) is 643 cm³/mol. The fraction of sp³-hybridized carbons (Fsp3) is 1.00. The summed E-state index contributed by atoms with van der Waals surface area (Å²) in [6.45, 7) is 92.7. The van der Waals surface area contributed by atoms with Crippen molar-refractivity contribution in [3.8, 4) is 0 Å². The lowest BCUT2D eigenvalue weighted by atomic mass is 10.0. The first kappa shape index (κ1) is 155. The zero-order valence-electron chi connectivity index (χ0n) is 105. The lowest BCUT2D eigenvalue weighted by molar-refractivity contribution is 0.480. The van der Waals surface area contributed by atoms with Gasteiger partial charge in [0.15, 0.2) is 0 Å². The number of hydrogen-bond acceptors (Lipinski definition) is 0. The van der Waals surface area contributed by atoms with Crippen LogP contribution in [-0.4, -0.2) is 0 Å². The summed E-state index contributed by atoms with van der Waals surface area (Å²) in [4.78, 5) is 0. The topological polar surface area (TPSA) is 0 Å². The van der Waals surface area contributed by atoms with E-state index in [1.54, 1.807) is 0 Å². The molecule has 0 heterocycles. The van der Waals surface area contributed by atoms with Crippen molar-refractivity contribution in [1.82, 2.24) is 0 Å². The minimum Gasteiger partial charge on any atom is -0.0628 e. The monoisotopic (exact) mass is 1910 g/mol. The van der Waals surface area contributed by atoms with Crippen molar-refractivity contribution in [3.63, 3.8) is 0 Å². The molecule has 0 saturated heterocycles. The van der Waals surface area contributed by atoms with E-state index in [0.29, 0.717) is 0 Å². The molecule has 0 unspecified atom stereocenters. The fourth-order valence-electron chi connectivity index (χ4n) is 17.2. The molecule has 0 bridgehead atoms. The molecule has 0 aliphatic heterocycles. The molecule has 0 rings (SSSR count). The average Bonchev–Trinajstić information content (AvgIpc) is 1.11. The maximum Gasteiger partial charge on any atom is -0.0471 e. The molecule has 0 nitrogen and oxygen atoms in total. The summed E-state index contributed by atoms with van der Waals surface area (Å²) in [6, 6.07) is 0. The average molecular weight is 1910 g/mol. The second-order valence-corrected chi connectivity index (χ2v) is 53.1. The van der Waals surface area contributed by atoms with Gasteiger partial charge in [-0.05, 0) is 118 Å². The highest BCUT2D eigenvalue weighted by atomic mass is 14.1. The first-order chi connectivity index (χ1) is 63.8. The van der Waals surface area contributed by atoms with Crippen LogP contribution in [0.3, 0.4) is 0 Å². The quantitative estimate of drug-likeness (QED) is 0.0533. The largest absolute Gasteiger partial charge is 0.0628 e. The standard InChI is InChI=1S/C18H38.C17H36.C16H34.C15H32.C14H30.C13H28.C12H26.C11H24.C10H22.C9H20/c1-17(2)15-13-11-9-7-5-6-8-10-12-14-16-18(3)4;1-16(2)14-12-10-8-6-5-7-9-11-13-15-17(3)4;1-15(2)13-11-9-7-5-6-8-10-12-14-16(3)4;1-14(2)12-10-8-6-5-7-9-11-13-15(3)4;1-13(2)11-9-7-5-6-8-10-12-14(3)4;1-12(2)10-8-6-5-7-9-11-13(3)4;1-11(2)9-7-5-6-8-10-12(3)4;1-10(2)8-6-5-7-9-11(3)4;1-9(2)7-5-6-8-10(3)4;1-8(2)6-5-7-9(3)4/h17-18H,5-16H2,1-4H3;16-17H,5-15H2,1-4H3;15-16H,5-14H2,1-4H3;14-15H,5-13H2,1-4H3;13-14H,5-12H2,1-4H3;12-13H,5-11H2,1-4H3;11-12H,5-10H2,1-4H3;10-11H,5-9H2,1-4H3;9-10H,5-8H2,1-4H3;8-9H,5-7H2,1-4H3. The zero-order valence-corrected chi connectivity index (χ0v) is 105. The molecule has 0 aromatic heterocycles. The summed E-state index contributed by atoms with van der Waals surface area (Å²) in [5.41, 5.74) is 0. The van der Waals surface area contributed by atoms with E-state index in [1.807, 2.05) is 0 Å². The van der Waals surface area contributed by atoms with Crippen molar-refractivity contribution >= 4 is 0 Å². The fourth-order valence-corrected chi connectivity index (χ4v) is 17.2. The third-order valence-corrected chi connectivity index (χ3v) is 26.9. The van der Waals surface area contributed by atoms with Crippen LogP contribution >= 0.6 is 0 Å². The summed E-state index contributed by atoms with van der Waals surface area (Å²) in [7, 11) is 0. The van der Waals surface area contributed by atoms with E-state index in [0.717, 1.165) is 118 Å². The van der Waals surface area contributed by atoms with Crippen LogP contribution < -0.4 is 0 Å². The number of rotatable bonds is 85. The second kappa shape index (κ2) is 130.